The number of nitrogens with one attached hydrogen (secondary N) is 2. The Bertz CT molecular complexity index is 362. The van der Waals surface area contributed by atoms with Crippen molar-refractivity contribution in [2.45, 2.75) is 12.5 Å². The van der Waals surface area contributed by atoms with E-state index in [4.69, 9.17) is 23.2 Å². The van der Waals surface area contributed by atoms with Gasteiger partial charge in [-0.15, -0.1) is 0 Å². The first kappa shape index (κ1) is 12.2. The number of hydrogen-bond donors (Lipinski definition) is 2. The third kappa shape index (κ3) is 2.51. The molecule has 1 saturated heterocycles. The molecule has 16 heavy (non-hydrogen) atoms. The lowest BCUT2D eigenvalue weighted by atomic mass is 9.92. The lowest BCUT2D eigenvalue weighted by Crippen LogP contribution is -2.27. The van der Waals surface area contributed by atoms with Crippen molar-refractivity contribution >= 4 is 23.2 Å². The highest BCUT2D eigenvalue weighted by molar-refractivity contribution is 6.35. The quantitative estimate of drug-likeness (QED) is 0.872. The Morgan fingerprint density at radius 1 is 1.44 bits per heavy atom. The summed E-state index contributed by atoms with van der Waals surface area (Å²) in [4.78, 5) is 0. The van der Waals surface area contributed by atoms with Gasteiger partial charge >= 0.3 is 0 Å². The van der Waals surface area contributed by atoms with Gasteiger partial charge < -0.3 is 10.6 Å². The van der Waals surface area contributed by atoms with Gasteiger partial charge in [-0.2, -0.15) is 0 Å². The Kier molecular flexibility index (Phi) is 4.09. The Balaban J connectivity index is 2.25. The van der Waals surface area contributed by atoms with E-state index in [1.807, 2.05) is 25.2 Å². The van der Waals surface area contributed by atoms with Crippen LogP contribution in [0.25, 0.3) is 0 Å². The highest BCUT2D eigenvalue weighted by Gasteiger charge is 2.26. The molecule has 1 heterocycles. The molecule has 0 saturated carbocycles. The lowest BCUT2D eigenvalue weighted by Gasteiger charge is -2.23. The smallest absolute Gasteiger partial charge is 0.0468 e. The second kappa shape index (κ2) is 5.37. The molecule has 1 aliphatic rings. The van der Waals surface area contributed by atoms with E-state index in [0.717, 1.165) is 23.7 Å². The number of hydrogen-bond acceptors (Lipinski definition) is 2. The molecule has 0 aromatic heterocycles. The van der Waals surface area contributed by atoms with Gasteiger partial charge in [-0.3, -0.25) is 0 Å². The summed E-state index contributed by atoms with van der Waals surface area (Å²) in [5.74, 6) is 0.601. The highest BCUT2D eigenvalue weighted by atomic mass is 35.5. The van der Waals surface area contributed by atoms with E-state index in [1.54, 1.807) is 0 Å². The molecule has 4 heteroatoms. The summed E-state index contributed by atoms with van der Waals surface area (Å²) in [6, 6.07) is 6.03. The molecular weight excluding hydrogens is 243 g/mol. The van der Waals surface area contributed by atoms with E-state index in [9.17, 15) is 0 Å². The van der Waals surface area contributed by atoms with Crippen LogP contribution >= 0.6 is 23.2 Å². The number of rotatable bonds is 3. The fourth-order valence-electron chi connectivity index (χ4n) is 2.36. The summed E-state index contributed by atoms with van der Waals surface area (Å²) >= 11 is 12.1. The fraction of sp³-hybridized carbons (Fsp3) is 0.500. The van der Waals surface area contributed by atoms with Crippen molar-refractivity contribution in [3.63, 3.8) is 0 Å². The van der Waals surface area contributed by atoms with E-state index in [1.165, 1.54) is 6.42 Å². The molecule has 2 unspecified atom stereocenters. The SMILES string of the molecule is CNC(c1ccc(Cl)cc1Cl)C1CCNC1. The molecule has 0 amide bonds. The van der Waals surface area contributed by atoms with Gasteiger partial charge in [-0.1, -0.05) is 29.3 Å². The maximum atomic E-state index is 6.24. The molecule has 2 rings (SSSR count). The van der Waals surface area contributed by atoms with Crippen LogP contribution < -0.4 is 10.6 Å². The van der Waals surface area contributed by atoms with Crippen LogP contribution in [0.5, 0.6) is 0 Å². The minimum atomic E-state index is 0.305. The van der Waals surface area contributed by atoms with Gasteiger partial charge in [0.1, 0.15) is 0 Å². The van der Waals surface area contributed by atoms with E-state index < -0.39 is 0 Å². The first-order valence-electron chi connectivity index (χ1n) is 5.55. The first-order valence-corrected chi connectivity index (χ1v) is 6.31. The normalized spacial score (nSPS) is 22.3. The zero-order valence-electron chi connectivity index (χ0n) is 9.26. The summed E-state index contributed by atoms with van der Waals surface area (Å²) in [5.41, 5.74) is 1.14. The van der Waals surface area contributed by atoms with Crippen molar-refractivity contribution in [1.82, 2.24) is 10.6 Å². The van der Waals surface area contributed by atoms with Gasteiger partial charge in [0.05, 0.1) is 0 Å². The summed E-state index contributed by atoms with van der Waals surface area (Å²) in [6.07, 6.45) is 1.18. The molecule has 2 atom stereocenters. The minimum Gasteiger partial charge on any atom is -0.316 e. The van der Waals surface area contributed by atoms with Crippen molar-refractivity contribution < 1.29 is 0 Å². The largest absolute Gasteiger partial charge is 0.316 e. The van der Waals surface area contributed by atoms with Crippen LogP contribution in [0.2, 0.25) is 10.0 Å². The molecule has 0 bridgehead atoms. The van der Waals surface area contributed by atoms with Crippen molar-refractivity contribution in [1.29, 1.82) is 0 Å². The Hall–Kier alpha value is -0.280. The van der Waals surface area contributed by atoms with Crippen LogP contribution in [0.3, 0.4) is 0 Å². The predicted octanol–water partition coefficient (Wildman–Crippen LogP) is 2.86. The van der Waals surface area contributed by atoms with Gasteiger partial charge in [0.15, 0.2) is 0 Å². The summed E-state index contributed by atoms with van der Waals surface area (Å²) in [5, 5.41) is 8.17. The third-order valence-corrected chi connectivity index (χ3v) is 3.74. The van der Waals surface area contributed by atoms with Crippen molar-refractivity contribution in [2.75, 3.05) is 20.1 Å². The number of benzene rings is 1. The first-order chi connectivity index (χ1) is 7.72. The van der Waals surface area contributed by atoms with Crippen LogP contribution in [-0.2, 0) is 0 Å². The average Bonchev–Trinajstić information content (AvgIpc) is 2.75. The van der Waals surface area contributed by atoms with Gasteiger partial charge in [0, 0.05) is 16.1 Å². The van der Waals surface area contributed by atoms with Crippen molar-refractivity contribution in [3.05, 3.63) is 33.8 Å². The third-order valence-electron chi connectivity index (χ3n) is 3.18. The molecule has 1 fully saturated rings. The molecular formula is C12H16Cl2N2. The Labute approximate surface area is 106 Å². The molecule has 2 nitrogen and oxygen atoms in total. The molecule has 1 aromatic rings. The average molecular weight is 259 g/mol. The van der Waals surface area contributed by atoms with E-state index in [0.29, 0.717) is 17.0 Å². The topological polar surface area (TPSA) is 24.1 Å². The van der Waals surface area contributed by atoms with Crippen LogP contribution in [0.4, 0.5) is 0 Å². The molecule has 0 aliphatic carbocycles. The highest BCUT2D eigenvalue weighted by Crippen LogP contribution is 2.32. The molecule has 0 radical (unpaired) electrons. The monoisotopic (exact) mass is 258 g/mol. The number of halogens is 2. The van der Waals surface area contributed by atoms with Crippen LogP contribution in [0.1, 0.15) is 18.0 Å². The molecule has 2 N–H and O–H groups in total. The summed E-state index contributed by atoms with van der Waals surface area (Å²) in [7, 11) is 1.98. The molecule has 1 aromatic carbocycles. The van der Waals surface area contributed by atoms with E-state index >= 15 is 0 Å². The molecule has 0 spiro atoms. The van der Waals surface area contributed by atoms with E-state index in [2.05, 4.69) is 10.6 Å². The van der Waals surface area contributed by atoms with Gasteiger partial charge in [0.25, 0.3) is 0 Å². The van der Waals surface area contributed by atoms with E-state index in [-0.39, 0.29) is 0 Å². The zero-order chi connectivity index (χ0) is 11.5. The fourth-order valence-corrected chi connectivity index (χ4v) is 2.89. The maximum Gasteiger partial charge on any atom is 0.0468 e. The molecule has 88 valence electrons. The Morgan fingerprint density at radius 2 is 2.25 bits per heavy atom. The van der Waals surface area contributed by atoms with Crippen LogP contribution in [0.15, 0.2) is 18.2 Å². The summed E-state index contributed by atoms with van der Waals surface area (Å²) in [6.45, 7) is 2.14. The second-order valence-corrected chi connectivity index (χ2v) is 5.03. The van der Waals surface area contributed by atoms with Crippen molar-refractivity contribution in [2.24, 2.45) is 5.92 Å². The standard InChI is InChI=1S/C12H16Cl2N2/c1-15-12(8-4-5-16-7-8)10-3-2-9(13)6-11(10)14/h2-3,6,8,12,15-16H,4-5,7H2,1H3. The minimum absolute atomic E-state index is 0.305. The van der Waals surface area contributed by atoms with Crippen LogP contribution in [0, 0.1) is 5.92 Å². The second-order valence-electron chi connectivity index (χ2n) is 4.19. The van der Waals surface area contributed by atoms with Gasteiger partial charge in [-0.05, 0) is 50.2 Å². The Morgan fingerprint density at radius 3 is 2.81 bits per heavy atom. The predicted molar refractivity (Wildman–Crippen MR) is 69.2 cm³/mol. The van der Waals surface area contributed by atoms with Gasteiger partial charge in [-0.25, -0.2) is 0 Å². The molecule has 1 aliphatic heterocycles. The van der Waals surface area contributed by atoms with Gasteiger partial charge in [0.2, 0.25) is 0 Å². The van der Waals surface area contributed by atoms with Crippen LogP contribution in [-0.4, -0.2) is 20.1 Å². The maximum absolute atomic E-state index is 6.24. The zero-order valence-corrected chi connectivity index (χ0v) is 10.8. The lowest BCUT2D eigenvalue weighted by molar-refractivity contribution is 0.410. The van der Waals surface area contributed by atoms with Crippen molar-refractivity contribution in [3.8, 4) is 0 Å². The summed E-state index contributed by atoms with van der Waals surface area (Å²) < 4.78 is 0.